The highest BCUT2D eigenvalue weighted by Crippen LogP contribution is 2.41. The highest BCUT2D eigenvalue weighted by atomic mass is 31.2. The molecule has 176 valence electrons. The number of unbranched alkanes of at least 4 members (excludes halogenated alkanes) is 2. The molecule has 0 radical (unpaired) electrons. The fourth-order valence-corrected chi connectivity index (χ4v) is 4.57. The van der Waals surface area contributed by atoms with Crippen LogP contribution in [0.15, 0.2) is 79.0 Å². The molecule has 7 heteroatoms. The molecule has 33 heavy (non-hydrogen) atoms. The normalized spacial score (nSPS) is 13.4. The first-order valence-electron chi connectivity index (χ1n) is 11.5. The van der Waals surface area contributed by atoms with Gasteiger partial charge in [0.05, 0.1) is 18.5 Å². The highest BCUT2D eigenvalue weighted by Gasteiger charge is 2.39. The van der Waals surface area contributed by atoms with E-state index in [0.717, 1.165) is 41.8 Å². The van der Waals surface area contributed by atoms with Crippen molar-refractivity contribution in [3.63, 3.8) is 0 Å². The third-order valence-electron chi connectivity index (χ3n) is 5.57. The van der Waals surface area contributed by atoms with Crippen molar-refractivity contribution in [1.82, 2.24) is 10.3 Å². The first kappa shape index (κ1) is 25.1. The zero-order valence-corrected chi connectivity index (χ0v) is 20.0. The topological polar surface area (TPSA) is 91.7 Å². The van der Waals surface area contributed by atoms with Crippen molar-refractivity contribution in [2.75, 3.05) is 19.3 Å². The van der Waals surface area contributed by atoms with Gasteiger partial charge in [0.25, 0.3) is 0 Å². The van der Waals surface area contributed by atoms with Gasteiger partial charge in [-0.3, -0.25) is 14.9 Å². The number of nitrogens with zero attached hydrogens (tertiary/aromatic N) is 1. The number of hydrogen-bond acceptors (Lipinski definition) is 4. The van der Waals surface area contributed by atoms with Crippen LogP contribution in [0.3, 0.4) is 0 Å². The molecule has 6 nitrogen and oxygen atoms in total. The van der Waals surface area contributed by atoms with Gasteiger partial charge in [-0.2, -0.15) is 0 Å². The van der Waals surface area contributed by atoms with Crippen LogP contribution in [-0.2, 0) is 10.1 Å². The molecular formula is C26H33N2O4P. The Balaban J connectivity index is 2.09. The van der Waals surface area contributed by atoms with Crippen LogP contribution in [0.4, 0.5) is 0 Å². The van der Waals surface area contributed by atoms with Gasteiger partial charge in [-0.1, -0.05) is 74.4 Å². The summed E-state index contributed by atoms with van der Waals surface area (Å²) < 4.78 is 17.7. The molecule has 0 saturated carbocycles. The quantitative estimate of drug-likeness (QED) is 0.239. The zero-order chi connectivity index (χ0) is 23.6. The Morgan fingerprint density at radius 1 is 0.939 bits per heavy atom. The van der Waals surface area contributed by atoms with Gasteiger partial charge in [-0.25, -0.2) is 0 Å². The Hall–Kier alpha value is -2.50. The van der Waals surface area contributed by atoms with Gasteiger partial charge in [0.15, 0.2) is 0 Å². The fraction of sp³-hybridized carbons (Fsp3) is 0.346. The minimum Gasteiger partial charge on any atom is -0.493 e. The van der Waals surface area contributed by atoms with E-state index in [1.54, 1.807) is 6.20 Å². The molecule has 1 atom stereocenters. The van der Waals surface area contributed by atoms with E-state index in [9.17, 15) is 14.4 Å². The summed E-state index contributed by atoms with van der Waals surface area (Å²) >= 11 is 0. The van der Waals surface area contributed by atoms with Crippen LogP contribution in [0.2, 0.25) is 0 Å². The van der Waals surface area contributed by atoms with Gasteiger partial charge < -0.3 is 14.5 Å². The average Bonchev–Trinajstić information content (AvgIpc) is 2.83. The second-order valence-electron chi connectivity index (χ2n) is 8.05. The summed E-state index contributed by atoms with van der Waals surface area (Å²) in [5.74, 6) is 0.769. The van der Waals surface area contributed by atoms with Gasteiger partial charge >= 0.3 is 7.60 Å². The van der Waals surface area contributed by atoms with E-state index in [2.05, 4.69) is 12.2 Å². The summed E-state index contributed by atoms with van der Waals surface area (Å²) in [6, 6.07) is 23.7. The molecular weight excluding hydrogens is 435 g/mol. The van der Waals surface area contributed by atoms with Crippen LogP contribution < -0.4 is 10.1 Å². The second kappa shape index (κ2) is 12.1. The fourth-order valence-electron chi connectivity index (χ4n) is 4.00. The lowest BCUT2D eigenvalue weighted by Gasteiger charge is -2.37. The summed E-state index contributed by atoms with van der Waals surface area (Å²) in [4.78, 5) is 23.4. The number of aromatic nitrogens is 1. The van der Waals surface area contributed by atoms with Crippen LogP contribution in [0.5, 0.6) is 5.75 Å². The number of para-hydroxylation sites is 1. The summed E-state index contributed by atoms with van der Waals surface area (Å²) in [6.45, 7) is 3.17. The number of rotatable bonds is 13. The molecule has 0 aliphatic heterocycles. The van der Waals surface area contributed by atoms with Gasteiger partial charge in [0.1, 0.15) is 11.3 Å². The van der Waals surface area contributed by atoms with E-state index in [4.69, 9.17) is 9.72 Å². The maximum absolute atomic E-state index is 11.4. The minimum atomic E-state index is -4.07. The maximum Gasteiger partial charge on any atom is 0.325 e. The Bertz CT molecular complexity index is 985. The van der Waals surface area contributed by atoms with Gasteiger partial charge in [0, 0.05) is 11.8 Å². The standard InChI is InChI=1S/C26H33N2O4P/c1-2-3-11-20-32-24-16-8-7-15-23(24)26(22-13-5-4-6-14-22,25-17-9-10-18-27-25)28-19-12-21-33(29,30)31/h4-10,13-18,28H,2-3,11-12,19-21H2,1H3,(H2,29,30,31). The molecule has 3 N–H and O–H groups in total. The zero-order valence-electron chi connectivity index (χ0n) is 19.1. The monoisotopic (exact) mass is 468 g/mol. The number of nitrogens with one attached hydrogen (secondary N) is 1. The Morgan fingerprint density at radius 3 is 2.36 bits per heavy atom. The highest BCUT2D eigenvalue weighted by molar-refractivity contribution is 7.51. The van der Waals surface area contributed by atoms with Gasteiger partial charge in [-0.05, 0) is 43.1 Å². The third kappa shape index (κ3) is 6.75. The molecule has 0 aliphatic carbocycles. The lowest BCUT2D eigenvalue weighted by atomic mass is 9.79. The van der Waals surface area contributed by atoms with Crippen molar-refractivity contribution in [1.29, 1.82) is 0 Å². The molecule has 0 spiro atoms. The average molecular weight is 469 g/mol. The predicted molar refractivity (Wildman–Crippen MR) is 132 cm³/mol. The molecule has 1 heterocycles. The van der Waals surface area contributed by atoms with Crippen molar-refractivity contribution < 1.29 is 19.1 Å². The smallest absolute Gasteiger partial charge is 0.325 e. The summed E-state index contributed by atoms with van der Waals surface area (Å²) in [5, 5.41) is 3.61. The van der Waals surface area contributed by atoms with Crippen molar-refractivity contribution in [3.05, 3.63) is 95.8 Å². The van der Waals surface area contributed by atoms with E-state index in [0.29, 0.717) is 19.6 Å². The van der Waals surface area contributed by atoms with E-state index in [1.807, 2.05) is 72.8 Å². The number of ether oxygens (including phenoxy) is 1. The van der Waals surface area contributed by atoms with E-state index in [1.165, 1.54) is 0 Å². The lowest BCUT2D eigenvalue weighted by molar-refractivity contribution is 0.295. The number of pyridine rings is 1. The Labute approximate surface area is 196 Å². The predicted octanol–water partition coefficient (Wildman–Crippen LogP) is 5.10. The molecule has 1 aromatic heterocycles. The molecule has 3 aromatic rings. The maximum atomic E-state index is 11.4. The second-order valence-corrected chi connectivity index (χ2v) is 9.83. The molecule has 0 bridgehead atoms. The molecule has 0 fully saturated rings. The summed E-state index contributed by atoms with van der Waals surface area (Å²) in [5.41, 5.74) is 1.84. The molecule has 0 saturated heterocycles. The number of benzene rings is 2. The van der Waals surface area contributed by atoms with Crippen molar-refractivity contribution in [2.24, 2.45) is 0 Å². The van der Waals surface area contributed by atoms with Crippen LogP contribution in [0.25, 0.3) is 0 Å². The molecule has 0 amide bonds. The van der Waals surface area contributed by atoms with E-state index in [-0.39, 0.29) is 6.16 Å². The SMILES string of the molecule is CCCCCOc1ccccc1C(NCCCP(=O)(O)O)(c1ccccc1)c1ccccn1. The lowest BCUT2D eigenvalue weighted by Crippen LogP contribution is -2.46. The summed E-state index contributed by atoms with van der Waals surface area (Å²) in [6.07, 6.45) is 5.10. The van der Waals surface area contributed by atoms with Crippen molar-refractivity contribution in [2.45, 2.75) is 38.1 Å². The first-order chi connectivity index (χ1) is 16.0. The minimum absolute atomic E-state index is 0.178. The molecule has 0 aliphatic rings. The Kier molecular flexibility index (Phi) is 9.21. The first-order valence-corrected chi connectivity index (χ1v) is 13.3. The van der Waals surface area contributed by atoms with Crippen molar-refractivity contribution in [3.8, 4) is 5.75 Å². The van der Waals surface area contributed by atoms with Gasteiger partial charge in [-0.15, -0.1) is 0 Å². The number of hydrogen-bond donors (Lipinski definition) is 3. The van der Waals surface area contributed by atoms with Gasteiger partial charge in [0.2, 0.25) is 0 Å². The third-order valence-corrected chi connectivity index (χ3v) is 6.47. The van der Waals surface area contributed by atoms with Crippen LogP contribution in [0, 0.1) is 0 Å². The molecule has 1 unspecified atom stereocenters. The summed E-state index contributed by atoms with van der Waals surface area (Å²) in [7, 11) is -4.07. The Morgan fingerprint density at radius 2 is 1.67 bits per heavy atom. The van der Waals surface area contributed by atoms with Crippen LogP contribution >= 0.6 is 7.60 Å². The molecule has 2 aromatic carbocycles. The van der Waals surface area contributed by atoms with Crippen molar-refractivity contribution >= 4 is 7.60 Å². The van der Waals surface area contributed by atoms with E-state index >= 15 is 0 Å². The largest absolute Gasteiger partial charge is 0.493 e. The van der Waals surface area contributed by atoms with Crippen LogP contribution in [0.1, 0.15) is 49.4 Å². The molecule has 3 rings (SSSR count). The van der Waals surface area contributed by atoms with Crippen LogP contribution in [-0.4, -0.2) is 34.1 Å². The van der Waals surface area contributed by atoms with E-state index < -0.39 is 13.1 Å².